The Morgan fingerprint density at radius 3 is 2.74 bits per heavy atom. The summed E-state index contributed by atoms with van der Waals surface area (Å²) >= 11 is 0. The van der Waals surface area contributed by atoms with Gasteiger partial charge in [0.25, 0.3) is 0 Å². The summed E-state index contributed by atoms with van der Waals surface area (Å²) in [5.41, 5.74) is 4.46. The SMILES string of the molecule is C=C/C=C(\C)COCC(C)C(=NC)N1C=CC=C(/C(C)=C/C/C=C\C)C1=C. The summed E-state index contributed by atoms with van der Waals surface area (Å²) in [4.78, 5) is 6.60. The van der Waals surface area contributed by atoms with Gasteiger partial charge in [-0.2, -0.15) is 0 Å². The predicted molar refractivity (Wildman–Crippen MR) is 119 cm³/mol. The van der Waals surface area contributed by atoms with Crippen LogP contribution in [0.15, 0.2) is 89.3 Å². The molecule has 0 aromatic rings. The lowest BCUT2D eigenvalue weighted by molar-refractivity contribution is 0.139. The molecule has 0 aromatic heterocycles. The number of hydrogen-bond donors (Lipinski definition) is 0. The fraction of sp³-hybridized carbons (Fsp3) is 0.375. The van der Waals surface area contributed by atoms with E-state index >= 15 is 0 Å². The van der Waals surface area contributed by atoms with Crippen LogP contribution in [0.5, 0.6) is 0 Å². The first-order valence-corrected chi connectivity index (χ1v) is 9.44. The van der Waals surface area contributed by atoms with Crippen LogP contribution in [0.3, 0.4) is 0 Å². The van der Waals surface area contributed by atoms with Gasteiger partial charge in [0.2, 0.25) is 0 Å². The topological polar surface area (TPSA) is 24.8 Å². The molecule has 0 aliphatic carbocycles. The summed E-state index contributed by atoms with van der Waals surface area (Å²) in [5.74, 6) is 1.10. The number of rotatable bonds is 9. The van der Waals surface area contributed by atoms with E-state index in [1.807, 2.05) is 39.2 Å². The van der Waals surface area contributed by atoms with E-state index < -0.39 is 0 Å². The van der Waals surface area contributed by atoms with Crippen molar-refractivity contribution in [3.63, 3.8) is 0 Å². The molecule has 1 aliphatic rings. The molecule has 0 aromatic carbocycles. The van der Waals surface area contributed by atoms with Gasteiger partial charge < -0.3 is 9.64 Å². The highest BCUT2D eigenvalue weighted by molar-refractivity contribution is 5.88. The molecule has 3 nitrogen and oxygen atoms in total. The van der Waals surface area contributed by atoms with Gasteiger partial charge in [-0.05, 0) is 44.4 Å². The molecule has 27 heavy (non-hydrogen) atoms. The first-order valence-electron chi connectivity index (χ1n) is 9.44. The largest absolute Gasteiger partial charge is 0.376 e. The molecule has 1 rings (SSSR count). The van der Waals surface area contributed by atoms with Gasteiger partial charge in [0.05, 0.1) is 13.2 Å². The fourth-order valence-corrected chi connectivity index (χ4v) is 2.89. The van der Waals surface area contributed by atoms with Crippen LogP contribution in [-0.4, -0.2) is 31.0 Å². The number of ether oxygens (including phenoxy) is 1. The van der Waals surface area contributed by atoms with Crippen LogP contribution in [0, 0.1) is 5.92 Å². The molecule has 0 amide bonds. The zero-order valence-electron chi connectivity index (χ0n) is 17.5. The molecule has 146 valence electrons. The van der Waals surface area contributed by atoms with Crippen LogP contribution in [-0.2, 0) is 4.74 Å². The lowest BCUT2D eigenvalue weighted by Gasteiger charge is -2.31. The van der Waals surface area contributed by atoms with Crippen molar-refractivity contribution >= 4 is 5.84 Å². The van der Waals surface area contributed by atoms with Gasteiger partial charge in [0.15, 0.2) is 0 Å². The van der Waals surface area contributed by atoms with Crippen molar-refractivity contribution in [1.82, 2.24) is 4.90 Å². The molecule has 3 heteroatoms. The molecule has 0 saturated heterocycles. The third-order valence-electron chi connectivity index (χ3n) is 4.34. The van der Waals surface area contributed by atoms with Crippen LogP contribution in [0.1, 0.15) is 34.1 Å². The minimum atomic E-state index is 0.152. The van der Waals surface area contributed by atoms with Gasteiger partial charge in [0, 0.05) is 30.4 Å². The van der Waals surface area contributed by atoms with Crippen LogP contribution >= 0.6 is 0 Å². The van der Waals surface area contributed by atoms with Crippen LogP contribution in [0.2, 0.25) is 0 Å². The van der Waals surface area contributed by atoms with E-state index in [0.29, 0.717) is 13.2 Å². The second kappa shape index (κ2) is 12.1. The van der Waals surface area contributed by atoms with Gasteiger partial charge in [-0.15, -0.1) is 0 Å². The summed E-state index contributed by atoms with van der Waals surface area (Å²) in [5, 5.41) is 0. The maximum Gasteiger partial charge on any atom is 0.112 e. The predicted octanol–water partition coefficient (Wildman–Crippen LogP) is 5.98. The Morgan fingerprint density at radius 1 is 1.37 bits per heavy atom. The van der Waals surface area contributed by atoms with Gasteiger partial charge in [-0.25, -0.2) is 0 Å². The van der Waals surface area contributed by atoms with Gasteiger partial charge in [-0.1, -0.05) is 56.5 Å². The Kier molecular flexibility index (Phi) is 10.1. The first kappa shape index (κ1) is 22.7. The number of aliphatic imine (C=N–C) groups is 1. The first-order chi connectivity index (χ1) is 13.0. The third-order valence-corrected chi connectivity index (χ3v) is 4.34. The summed E-state index contributed by atoms with van der Waals surface area (Å²) < 4.78 is 5.85. The molecule has 0 N–H and O–H groups in total. The Hall–Kier alpha value is -2.39. The van der Waals surface area contributed by atoms with Crippen LogP contribution < -0.4 is 0 Å². The molecule has 1 unspecified atom stereocenters. The second-order valence-corrected chi connectivity index (χ2v) is 6.68. The zero-order chi connectivity index (χ0) is 20.2. The minimum Gasteiger partial charge on any atom is -0.376 e. The second-order valence-electron chi connectivity index (χ2n) is 6.68. The Bertz CT molecular complexity index is 702. The molecule has 0 fully saturated rings. The highest BCUT2D eigenvalue weighted by Gasteiger charge is 2.22. The molecule has 0 bridgehead atoms. The minimum absolute atomic E-state index is 0.152. The number of nitrogens with zero attached hydrogens (tertiary/aromatic N) is 2. The molecule has 0 radical (unpaired) electrons. The number of allylic oxidation sites excluding steroid dienone is 8. The van der Waals surface area contributed by atoms with Crippen molar-refractivity contribution < 1.29 is 4.74 Å². The third kappa shape index (κ3) is 7.03. The Labute approximate surface area is 165 Å². The normalized spacial score (nSPS) is 17.5. The summed E-state index contributed by atoms with van der Waals surface area (Å²) in [6.07, 6.45) is 17.3. The lowest BCUT2D eigenvalue weighted by Crippen LogP contribution is -2.34. The zero-order valence-corrected chi connectivity index (χ0v) is 17.5. The molecular weight excluding hydrogens is 332 g/mol. The average molecular weight is 367 g/mol. The van der Waals surface area contributed by atoms with E-state index in [2.05, 4.69) is 61.2 Å². The molecule has 1 atom stereocenters. The average Bonchev–Trinajstić information content (AvgIpc) is 2.64. The molecule has 1 aliphatic heterocycles. The van der Waals surface area contributed by atoms with E-state index in [-0.39, 0.29) is 5.92 Å². The van der Waals surface area contributed by atoms with E-state index in [0.717, 1.165) is 29.1 Å². The highest BCUT2D eigenvalue weighted by Crippen LogP contribution is 2.27. The number of amidine groups is 1. The standard InChI is InChI=1S/C24H34N2O/c1-8-10-11-14-20(4)23-15-12-16-26(22(23)6)24(25-7)21(5)18-27-17-19(3)13-9-2/h8-10,12-16,21H,2,6,11,17-18H2,1,3-5,7H3/b10-8-,19-13+,20-14+,25-24?. The van der Waals surface area contributed by atoms with E-state index in [4.69, 9.17) is 4.74 Å². The van der Waals surface area contributed by atoms with E-state index in [1.165, 1.54) is 5.57 Å². The van der Waals surface area contributed by atoms with Gasteiger partial charge in [-0.3, -0.25) is 4.99 Å². The fourth-order valence-electron chi connectivity index (χ4n) is 2.89. The van der Waals surface area contributed by atoms with Crippen molar-refractivity contribution in [3.05, 3.63) is 84.3 Å². The van der Waals surface area contributed by atoms with Crippen molar-refractivity contribution in [3.8, 4) is 0 Å². The summed E-state index contributed by atoms with van der Waals surface area (Å²) in [7, 11) is 1.82. The summed E-state index contributed by atoms with van der Waals surface area (Å²) in [6.45, 7) is 17.6. The lowest BCUT2D eigenvalue weighted by atomic mass is 9.99. The van der Waals surface area contributed by atoms with E-state index in [9.17, 15) is 0 Å². The maximum atomic E-state index is 5.85. The van der Waals surface area contributed by atoms with E-state index in [1.54, 1.807) is 6.08 Å². The quantitative estimate of drug-likeness (QED) is 0.217. The Balaban J connectivity index is 2.81. The highest BCUT2D eigenvalue weighted by atomic mass is 16.5. The molecule has 0 saturated carbocycles. The Morgan fingerprint density at radius 2 is 2.11 bits per heavy atom. The molecule has 0 spiro atoms. The van der Waals surface area contributed by atoms with Crippen LogP contribution in [0.25, 0.3) is 0 Å². The van der Waals surface area contributed by atoms with Crippen LogP contribution in [0.4, 0.5) is 0 Å². The van der Waals surface area contributed by atoms with Crippen molar-refractivity contribution in [1.29, 1.82) is 0 Å². The monoisotopic (exact) mass is 366 g/mol. The van der Waals surface area contributed by atoms with Crippen molar-refractivity contribution in [2.24, 2.45) is 10.9 Å². The maximum absolute atomic E-state index is 5.85. The van der Waals surface area contributed by atoms with Gasteiger partial charge >= 0.3 is 0 Å². The molecule has 1 heterocycles. The molecular formula is C24H34N2O. The van der Waals surface area contributed by atoms with Crippen molar-refractivity contribution in [2.75, 3.05) is 20.3 Å². The summed E-state index contributed by atoms with van der Waals surface area (Å²) in [6, 6.07) is 0. The van der Waals surface area contributed by atoms with Crippen molar-refractivity contribution in [2.45, 2.75) is 34.1 Å². The smallest absolute Gasteiger partial charge is 0.112 e. The number of hydrogen-bond acceptors (Lipinski definition) is 2. The van der Waals surface area contributed by atoms with Gasteiger partial charge in [0.1, 0.15) is 5.84 Å².